The van der Waals surface area contributed by atoms with Crippen LogP contribution in [0.3, 0.4) is 0 Å². The number of piperazine rings is 1. The molecule has 0 aromatic rings. The second kappa shape index (κ2) is 6.72. The van der Waals surface area contributed by atoms with Gasteiger partial charge in [0.05, 0.1) is 0 Å². The Morgan fingerprint density at radius 2 is 2.18 bits per heavy atom. The second-order valence-corrected chi connectivity index (χ2v) is 5.67. The van der Waals surface area contributed by atoms with Crippen LogP contribution in [0.25, 0.3) is 0 Å². The van der Waals surface area contributed by atoms with Crippen LogP contribution < -0.4 is 5.32 Å². The number of hydrogen-bond donors (Lipinski definition) is 1. The van der Waals surface area contributed by atoms with Gasteiger partial charge in [-0.2, -0.15) is 0 Å². The molecule has 0 radical (unpaired) electrons. The third-order valence-corrected chi connectivity index (χ3v) is 4.60. The molecular formula is C14H29N3. The van der Waals surface area contributed by atoms with Crippen LogP contribution in [0, 0.1) is 0 Å². The molecule has 0 spiro atoms. The van der Waals surface area contributed by atoms with Gasteiger partial charge in [0.1, 0.15) is 0 Å². The predicted molar refractivity (Wildman–Crippen MR) is 73.4 cm³/mol. The Hall–Kier alpha value is -0.120. The first-order chi connectivity index (χ1) is 8.33. The summed E-state index contributed by atoms with van der Waals surface area (Å²) in [7, 11) is 2.09. The van der Waals surface area contributed by atoms with Crippen LogP contribution in [0.1, 0.15) is 39.0 Å². The van der Waals surface area contributed by atoms with Gasteiger partial charge in [-0.1, -0.05) is 6.92 Å². The molecule has 2 fully saturated rings. The summed E-state index contributed by atoms with van der Waals surface area (Å²) in [5, 5.41) is 3.40. The first-order valence-electron chi connectivity index (χ1n) is 7.47. The van der Waals surface area contributed by atoms with E-state index in [4.69, 9.17) is 0 Å². The van der Waals surface area contributed by atoms with E-state index in [-0.39, 0.29) is 0 Å². The third-order valence-electron chi connectivity index (χ3n) is 4.60. The Kier molecular flexibility index (Phi) is 5.26. The van der Waals surface area contributed by atoms with Crippen molar-refractivity contribution in [2.75, 3.05) is 39.8 Å². The Morgan fingerprint density at radius 3 is 2.94 bits per heavy atom. The first-order valence-corrected chi connectivity index (χ1v) is 7.47. The van der Waals surface area contributed by atoms with Crippen molar-refractivity contribution in [1.29, 1.82) is 0 Å². The minimum absolute atomic E-state index is 0.725. The van der Waals surface area contributed by atoms with Crippen molar-refractivity contribution in [3.8, 4) is 0 Å². The van der Waals surface area contributed by atoms with Crippen molar-refractivity contribution in [2.45, 2.75) is 51.1 Å². The SMILES string of the molecule is CCC(CCCN1CCN2CCCC2C1)NC. The van der Waals surface area contributed by atoms with Crippen molar-refractivity contribution >= 4 is 0 Å². The molecule has 2 aliphatic rings. The molecule has 2 rings (SSSR count). The van der Waals surface area contributed by atoms with Crippen molar-refractivity contribution in [2.24, 2.45) is 0 Å². The van der Waals surface area contributed by atoms with Gasteiger partial charge in [0, 0.05) is 31.7 Å². The largest absolute Gasteiger partial charge is 0.317 e. The molecule has 17 heavy (non-hydrogen) atoms. The van der Waals surface area contributed by atoms with Crippen LogP contribution in [-0.4, -0.2) is 61.7 Å². The van der Waals surface area contributed by atoms with Gasteiger partial charge in [-0.25, -0.2) is 0 Å². The lowest BCUT2D eigenvalue weighted by atomic mass is 10.1. The van der Waals surface area contributed by atoms with E-state index in [9.17, 15) is 0 Å². The number of hydrogen-bond acceptors (Lipinski definition) is 3. The lowest BCUT2D eigenvalue weighted by Crippen LogP contribution is -2.50. The number of fused-ring (bicyclic) bond motifs is 1. The summed E-state index contributed by atoms with van der Waals surface area (Å²) in [6.07, 6.45) is 6.80. The van der Waals surface area contributed by atoms with E-state index in [2.05, 4.69) is 29.1 Å². The quantitative estimate of drug-likeness (QED) is 0.758. The van der Waals surface area contributed by atoms with Crippen LogP contribution in [0.5, 0.6) is 0 Å². The number of nitrogens with one attached hydrogen (secondary N) is 1. The summed E-state index contributed by atoms with van der Waals surface area (Å²) in [5.74, 6) is 0. The highest BCUT2D eigenvalue weighted by molar-refractivity contribution is 4.86. The summed E-state index contributed by atoms with van der Waals surface area (Å²) in [6, 6.07) is 1.61. The monoisotopic (exact) mass is 239 g/mol. The van der Waals surface area contributed by atoms with Crippen molar-refractivity contribution in [3.05, 3.63) is 0 Å². The third kappa shape index (κ3) is 3.67. The van der Waals surface area contributed by atoms with Gasteiger partial charge in [0.15, 0.2) is 0 Å². The summed E-state index contributed by atoms with van der Waals surface area (Å²) >= 11 is 0. The lowest BCUT2D eigenvalue weighted by molar-refractivity contribution is 0.102. The smallest absolute Gasteiger partial charge is 0.0224 e. The Labute approximate surface area is 107 Å². The highest BCUT2D eigenvalue weighted by Crippen LogP contribution is 2.21. The molecule has 2 heterocycles. The molecule has 3 nitrogen and oxygen atoms in total. The molecule has 0 amide bonds. The van der Waals surface area contributed by atoms with Gasteiger partial charge in [-0.05, 0) is 52.2 Å². The minimum atomic E-state index is 0.725. The Balaban J connectivity index is 1.63. The molecule has 0 aromatic carbocycles. The molecule has 1 N–H and O–H groups in total. The number of nitrogens with zero attached hydrogens (tertiary/aromatic N) is 2. The summed E-state index contributed by atoms with van der Waals surface area (Å²) < 4.78 is 0. The molecule has 100 valence electrons. The fourth-order valence-corrected chi connectivity index (χ4v) is 3.37. The summed E-state index contributed by atoms with van der Waals surface area (Å²) in [6.45, 7) is 8.88. The fraction of sp³-hybridized carbons (Fsp3) is 1.00. The molecular weight excluding hydrogens is 210 g/mol. The maximum absolute atomic E-state index is 3.40. The van der Waals surface area contributed by atoms with Gasteiger partial charge < -0.3 is 10.2 Å². The van der Waals surface area contributed by atoms with Gasteiger partial charge in [-0.15, -0.1) is 0 Å². The molecule has 0 aliphatic carbocycles. The Bertz CT molecular complexity index is 216. The van der Waals surface area contributed by atoms with E-state index in [1.807, 2.05) is 0 Å². The molecule has 2 unspecified atom stereocenters. The number of rotatable bonds is 6. The first kappa shape index (κ1) is 13.3. The normalized spacial score (nSPS) is 28.2. The summed E-state index contributed by atoms with van der Waals surface area (Å²) in [4.78, 5) is 5.38. The van der Waals surface area contributed by atoms with Crippen LogP contribution in [0.2, 0.25) is 0 Å². The molecule has 2 aliphatic heterocycles. The van der Waals surface area contributed by atoms with Gasteiger partial charge in [0.2, 0.25) is 0 Å². The average Bonchev–Trinajstić information content (AvgIpc) is 2.82. The minimum Gasteiger partial charge on any atom is -0.317 e. The highest BCUT2D eigenvalue weighted by Gasteiger charge is 2.29. The molecule has 2 atom stereocenters. The van der Waals surface area contributed by atoms with Gasteiger partial charge >= 0.3 is 0 Å². The van der Waals surface area contributed by atoms with E-state index in [0.29, 0.717) is 0 Å². The maximum atomic E-state index is 3.40. The van der Waals surface area contributed by atoms with E-state index in [1.54, 1.807) is 0 Å². The molecule has 0 aromatic heterocycles. The zero-order valence-electron chi connectivity index (χ0n) is 11.6. The van der Waals surface area contributed by atoms with Crippen molar-refractivity contribution in [3.63, 3.8) is 0 Å². The molecule has 2 saturated heterocycles. The van der Waals surface area contributed by atoms with E-state index < -0.39 is 0 Å². The second-order valence-electron chi connectivity index (χ2n) is 5.67. The summed E-state index contributed by atoms with van der Waals surface area (Å²) in [5.41, 5.74) is 0. The van der Waals surface area contributed by atoms with Crippen LogP contribution >= 0.6 is 0 Å². The fourth-order valence-electron chi connectivity index (χ4n) is 3.37. The van der Waals surface area contributed by atoms with Crippen LogP contribution in [-0.2, 0) is 0 Å². The van der Waals surface area contributed by atoms with E-state index >= 15 is 0 Å². The Morgan fingerprint density at radius 1 is 1.29 bits per heavy atom. The lowest BCUT2D eigenvalue weighted by Gasteiger charge is -2.37. The van der Waals surface area contributed by atoms with Crippen molar-refractivity contribution in [1.82, 2.24) is 15.1 Å². The van der Waals surface area contributed by atoms with Crippen molar-refractivity contribution < 1.29 is 0 Å². The molecule has 0 bridgehead atoms. The zero-order chi connectivity index (χ0) is 12.1. The van der Waals surface area contributed by atoms with E-state index in [0.717, 1.165) is 12.1 Å². The molecule has 0 saturated carbocycles. The highest BCUT2D eigenvalue weighted by atomic mass is 15.3. The standard InChI is InChI=1S/C14H29N3/c1-3-13(15-2)6-4-8-16-10-11-17-9-5-7-14(17)12-16/h13-15H,3-12H2,1-2H3. The van der Waals surface area contributed by atoms with Crippen LogP contribution in [0.15, 0.2) is 0 Å². The zero-order valence-corrected chi connectivity index (χ0v) is 11.6. The van der Waals surface area contributed by atoms with Crippen LogP contribution in [0.4, 0.5) is 0 Å². The van der Waals surface area contributed by atoms with E-state index in [1.165, 1.54) is 64.8 Å². The predicted octanol–water partition coefficient (Wildman–Crippen LogP) is 1.54. The molecule has 3 heteroatoms. The topological polar surface area (TPSA) is 18.5 Å². The van der Waals surface area contributed by atoms with Gasteiger partial charge in [0.25, 0.3) is 0 Å². The average molecular weight is 239 g/mol. The van der Waals surface area contributed by atoms with Gasteiger partial charge in [-0.3, -0.25) is 4.90 Å². The maximum Gasteiger partial charge on any atom is 0.0224 e.